The summed E-state index contributed by atoms with van der Waals surface area (Å²) in [5, 5.41) is 20.1. The van der Waals surface area contributed by atoms with Crippen LogP contribution in [0.3, 0.4) is 0 Å². The van der Waals surface area contributed by atoms with Crippen LogP contribution in [-0.2, 0) is 0 Å². The third-order valence-corrected chi connectivity index (χ3v) is 7.60. The molecule has 4 rings (SSSR count). The van der Waals surface area contributed by atoms with Crippen LogP contribution >= 0.6 is 0 Å². The summed E-state index contributed by atoms with van der Waals surface area (Å²) in [7, 11) is 0. The molecule has 6 atom stereocenters. The summed E-state index contributed by atoms with van der Waals surface area (Å²) < 4.78 is 0. The van der Waals surface area contributed by atoms with Crippen molar-refractivity contribution in [3.8, 4) is 0 Å². The summed E-state index contributed by atoms with van der Waals surface area (Å²) in [6.07, 6.45) is 16.5. The van der Waals surface area contributed by atoms with Crippen molar-refractivity contribution in [2.75, 3.05) is 0 Å². The van der Waals surface area contributed by atoms with Crippen molar-refractivity contribution in [2.45, 2.75) is 58.2 Å². The lowest BCUT2D eigenvalue weighted by Crippen LogP contribution is -2.54. The van der Waals surface area contributed by atoms with E-state index in [1.807, 2.05) is 0 Å². The first kappa shape index (κ1) is 14.0. The van der Waals surface area contributed by atoms with E-state index in [-0.39, 0.29) is 5.41 Å². The molecular weight excluding hydrogens is 260 g/mol. The number of hydrogen-bond donors (Lipinski definition) is 2. The van der Waals surface area contributed by atoms with E-state index in [1.165, 1.54) is 25.7 Å². The van der Waals surface area contributed by atoms with Gasteiger partial charge in [-0.1, -0.05) is 31.2 Å². The van der Waals surface area contributed by atoms with E-state index < -0.39 is 6.29 Å². The van der Waals surface area contributed by atoms with Gasteiger partial charge in [0.1, 0.15) is 0 Å². The molecule has 0 amide bonds. The van der Waals surface area contributed by atoms with E-state index in [1.54, 1.807) is 0 Å². The largest absolute Gasteiger partial charge is 0.368 e. The molecule has 0 spiro atoms. The molecule has 0 bridgehead atoms. The van der Waals surface area contributed by atoms with Gasteiger partial charge in [0.2, 0.25) is 0 Å². The summed E-state index contributed by atoms with van der Waals surface area (Å²) in [6, 6.07) is 0. The molecule has 0 aromatic carbocycles. The van der Waals surface area contributed by atoms with Crippen LogP contribution in [0.1, 0.15) is 51.9 Å². The molecule has 2 N–H and O–H groups in total. The van der Waals surface area contributed by atoms with Crippen LogP contribution in [0.4, 0.5) is 0 Å². The fraction of sp³-hybridized carbons (Fsp3) is 0.789. The first-order valence-corrected chi connectivity index (χ1v) is 8.78. The standard InChI is InChI=1S/C19H28O2/c1-18-10-3-2-5-13(18)7-8-14-15(18)9-12-19(17(20)21)11-4-6-16(14)19/h3-4,6,10,13-17,20-21H,2,5,7-9,11-12H2,1H3/t13?,14-,15+,16+,18+,19-/m1/s1. The van der Waals surface area contributed by atoms with Gasteiger partial charge < -0.3 is 10.2 Å². The Bertz CT molecular complexity index is 480. The predicted molar refractivity (Wildman–Crippen MR) is 83.3 cm³/mol. The molecule has 2 heteroatoms. The Kier molecular flexibility index (Phi) is 3.14. The predicted octanol–water partition coefficient (Wildman–Crippen LogP) is 3.65. The van der Waals surface area contributed by atoms with E-state index in [2.05, 4.69) is 31.2 Å². The van der Waals surface area contributed by atoms with E-state index in [4.69, 9.17) is 0 Å². The molecule has 0 aromatic heterocycles. The minimum absolute atomic E-state index is 0.275. The quantitative estimate of drug-likeness (QED) is 0.571. The van der Waals surface area contributed by atoms with Gasteiger partial charge >= 0.3 is 0 Å². The van der Waals surface area contributed by atoms with Crippen molar-refractivity contribution in [3.05, 3.63) is 24.3 Å². The number of hydrogen-bond acceptors (Lipinski definition) is 2. The molecule has 4 aliphatic rings. The fourth-order valence-electron chi connectivity index (χ4n) is 6.40. The normalized spacial score (nSPS) is 51.6. The first-order chi connectivity index (χ1) is 10.1. The highest BCUT2D eigenvalue weighted by molar-refractivity contribution is 5.20. The molecule has 0 radical (unpaired) electrons. The summed E-state index contributed by atoms with van der Waals surface area (Å²) in [4.78, 5) is 0. The molecule has 1 unspecified atom stereocenters. The summed E-state index contributed by atoms with van der Waals surface area (Å²) >= 11 is 0. The Morgan fingerprint density at radius 1 is 1.10 bits per heavy atom. The van der Waals surface area contributed by atoms with Crippen molar-refractivity contribution in [2.24, 2.45) is 34.5 Å². The average molecular weight is 288 g/mol. The molecule has 2 fully saturated rings. The van der Waals surface area contributed by atoms with E-state index in [0.717, 1.165) is 31.1 Å². The van der Waals surface area contributed by atoms with Gasteiger partial charge in [-0.15, -0.1) is 0 Å². The molecular formula is C19H28O2. The minimum atomic E-state index is -1.16. The van der Waals surface area contributed by atoms with Crippen LogP contribution in [0, 0.1) is 34.5 Å². The molecule has 2 saturated carbocycles. The topological polar surface area (TPSA) is 40.5 Å². The van der Waals surface area contributed by atoms with Gasteiger partial charge in [0.15, 0.2) is 6.29 Å². The number of aliphatic hydroxyl groups is 2. The third-order valence-electron chi connectivity index (χ3n) is 7.60. The SMILES string of the molecule is C[C@]12C=CCCC1CC[C@H]1[C@@H]3C=CC[C@@]3(C(O)O)CC[C@@H]12. The van der Waals surface area contributed by atoms with Crippen LogP contribution in [-0.4, -0.2) is 16.5 Å². The third kappa shape index (κ3) is 1.78. The van der Waals surface area contributed by atoms with Gasteiger partial charge in [0.05, 0.1) is 0 Å². The fourth-order valence-corrected chi connectivity index (χ4v) is 6.40. The van der Waals surface area contributed by atoms with Crippen LogP contribution in [0.15, 0.2) is 24.3 Å². The van der Waals surface area contributed by atoms with Gasteiger partial charge in [-0.2, -0.15) is 0 Å². The molecule has 116 valence electrons. The highest BCUT2D eigenvalue weighted by atomic mass is 16.5. The van der Waals surface area contributed by atoms with Crippen molar-refractivity contribution >= 4 is 0 Å². The smallest absolute Gasteiger partial charge is 0.158 e. The van der Waals surface area contributed by atoms with Crippen molar-refractivity contribution in [3.63, 3.8) is 0 Å². The van der Waals surface area contributed by atoms with Crippen LogP contribution < -0.4 is 0 Å². The Balaban J connectivity index is 1.69. The molecule has 0 aromatic rings. The molecule has 0 saturated heterocycles. The van der Waals surface area contributed by atoms with Crippen molar-refractivity contribution in [1.29, 1.82) is 0 Å². The van der Waals surface area contributed by atoms with E-state index in [0.29, 0.717) is 17.3 Å². The van der Waals surface area contributed by atoms with Crippen molar-refractivity contribution < 1.29 is 10.2 Å². The Morgan fingerprint density at radius 3 is 2.76 bits per heavy atom. The van der Waals surface area contributed by atoms with Gasteiger partial charge in [-0.25, -0.2) is 0 Å². The van der Waals surface area contributed by atoms with Gasteiger partial charge in [0, 0.05) is 5.41 Å². The number of rotatable bonds is 1. The minimum Gasteiger partial charge on any atom is -0.368 e. The van der Waals surface area contributed by atoms with Gasteiger partial charge in [-0.3, -0.25) is 0 Å². The summed E-state index contributed by atoms with van der Waals surface area (Å²) in [6.45, 7) is 2.48. The number of fused-ring (bicyclic) bond motifs is 5. The van der Waals surface area contributed by atoms with Crippen molar-refractivity contribution in [1.82, 2.24) is 0 Å². The maximum atomic E-state index is 10.0. The molecule has 0 heterocycles. The zero-order valence-corrected chi connectivity index (χ0v) is 13.0. The highest BCUT2D eigenvalue weighted by Gasteiger charge is 2.58. The lowest BCUT2D eigenvalue weighted by molar-refractivity contribution is -0.188. The van der Waals surface area contributed by atoms with Crippen LogP contribution in [0.25, 0.3) is 0 Å². The summed E-state index contributed by atoms with van der Waals surface area (Å²) in [5.74, 6) is 2.60. The lowest BCUT2D eigenvalue weighted by atomic mass is 9.46. The maximum Gasteiger partial charge on any atom is 0.158 e. The second-order valence-corrected chi connectivity index (χ2v) is 8.19. The lowest BCUT2D eigenvalue weighted by Gasteiger charge is -2.59. The molecule has 21 heavy (non-hydrogen) atoms. The highest BCUT2D eigenvalue weighted by Crippen LogP contribution is 2.64. The second kappa shape index (κ2) is 4.70. The molecule has 4 aliphatic carbocycles. The first-order valence-electron chi connectivity index (χ1n) is 8.78. The zero-order chi connectivity index (χ0) is 14.7. The Labute approximate surface area is 127 Å². The van der Waals surface area contributed by atoms with Gasteiger partial charge in [-0.05, 0) is 74.0 Å². The van der Waals surface area contributed by atoms with Gasteiger partial charge in [0.25, 0.3) is 0 Å². The average Bonchev–Trinajstić information content (AvgIpc) is 2.92. The van der Waals surface area contributed by atoms with E-state index >= 15 is 0 Å². The van der Waals surface area contributed by atoms with Crippen LogP contribution in [0.5, 0.6) is 0 Å². The zero-order valence-electron chi connectivity index (χ0n) is 13.0. The Morgan fingerprint density at radius 2 is 1.95 bits per heavy atom. The maximum absolute atomic E-state index is 10.0. The monoisotopic (exact) mass is 288 g/mol. The number of aliphatic hydroxyl groups excluding tert-OH is 1. The van der Waals surface area contributed by atoms with E-state index in [9.17, 15) is 10.2 Å². The van der Waals surface area contributed by atoms with Crippen LogP contribution in [0.2, 0.25) is 0 Å². The molecule has 0 aliphatic heterocycles. The summed E-state index contributed by atoms with van der Waals surface area (Å²) in [5.41, 5.74) is 0.0763. The second-order valence-electron chi connectivity index (χ2n) is 8.19. The Hall–Kier alpha value is -0.600. The number of allylic oxidation sites excluding steroid dienone is 4. The molecule has 2 nitrogen and oxygen atoms in total.